The summed E-state index contributed by atoms with van der Waals surface area (Å²) in [7, 11) is 4.67. The Morgan fingerprint density at radius 3 is 2.37 bits per heavy atom. The zero-order valence-corrected chi connectivity index (χ0v) is 15.2. The van der Waals surface area contributed by atoms with E-state index in [0.717, 1.165) is 19.1 Å². The van der Waals surface area contributed by atoms with E-state index in [1.54, 1.807) is 28.4 Å². The lowest BCUT2D eigenvalue weighted by molar-refractivity contribution is -0.0441. The summed E-state index contributed by atoms with van der Waals surface area (Å²) in [6.45, 7) is 2.20. The summed E-state index contributed by atoms with van der Waals surface area (Å²) in [6, 6.07) is 2.33. The highest BCUT2D eigenvalue weighted by Crippen LogP contribution is 2.26. The van der Waals surface area contributed by atoms with Gasteiger partial charge in [0.1, 0.15) is 5.91 Å². The molecule has 0 amide bonds. The maximum absolute atomic E-state index is 5.77. The summed E-state index contributed by atoms with van der Waals surface area (Å²) in [5.74, 6) is 0.0632. The van der Waals surface area contributed by atoms with Gasteiger partial charge in [0.2, 0.25) is 0 Å². The van der Waals surface area contributed by atoms with Crippen LogP contribution in [0.4, 0.5) is 0 Å². The van der Waals surface area contributed by atoms with Crippen LogP contribution >= 0.6 is 0 Å². The summed E-state index contributed by atoms with van der Waals surface area (Å²) in [4.78, 5) is 0. The Hall–Kier alpha value is 0.234. The molecule has 0 aromatic rings. The van der Waals surface area contributed by atoms with Gasteiger partial charge in [-0.2, -0.15) is 0 Å². The number of nitrogens with zero attached hydrogens (tertiary/aromatic N) is 1. The van der Waals surface area contributed by atoms with Crippen molar-refractivity contribution in [2.75, 3.05) is 41.5 Å². The Morgan fingerprint density at radius 2 is 1.79 bits per heavy atom. The lowest BCUT2D eigenvalue weighted by atomic mass is 10.3. The van der Waals surface area contributed by atoms with Crippen molar-refractivity contribution in [3.05, 3.63) is 0 Å². The molecule has 0 spiro atoms. The molecule has 0 radical (unpaired) electrons. The van der Waals surface area contributed by atoms with E-state index in [-0.39, 0.29) is 15.4 Å². The van der Waals surface area contributed by atoms with Crippen LogP contribution in [-0.2, 0) is 18.3 Å². The van der Waals surface area contributed by atoms with Gasteiger partial charge < -0.3 is 18.3 Å². The average Bonchev–Trinajstić information content (AvgIpc) is 2.48. The summed E-state index contributed by atoms with van der Waals surface area (Å²) in [5, 5.41) is 0. The minimum atomic E-state index is -2.07. The number of methoxy groups -OCH3 is 2. The van der Waals surface area contributed by atoms with E-state index in [9.17, 15) is 0 Å². The van der Waals surface area contributed by atoms with Gasteiger partial charge in [0.15, 0.2) is 0 Å². The molecule has 1 saturated heterocycles. The van der Waals surface area contributed by atoms with Crippen LogP contribution in [0, 0.1) is 0 Å². The lowest BCUT2D eigenvalue weighted by Gasteiger charge is -2.41. The Balaban J connectivity index is 2.33. The zero-order chi connectivity index (χ0) is 14.1. The van der Waals surface area contributed by atoms with Gasteiger partial charge in [-0.05, 0) is 32.4 Å². The summed E-state index contributed by atoms with van der Waals surface area (Å²) in [5.41, 5.74) is 0. The first-order valence-electron chi connectivity index (χ1n) is 7.13. The maximum atomic E-state index is 5.77. The van der Waals surface area contributed by atoms with E-state index in [2.05, 4.69) is 4.57 Å². The molecule has 0 saturated carbocycles. The van der Waals surface area contributed by atoms with Crippen LogP contribution in [0.3, 0.4) is 0 Å². The van der Waals surface area contributed by atoms with Crippen LogP contribution in [0.2, 0.25) is 12.1 Å². The van der Waals surface area contributed by atoms with Gasteiger partial charge in [0.25, 0.3) is 0 Å². The molecule has 0 aliphatic carbocycles. The van der Waals surface area contributed by atoms with Crippen molar-refractivity contribution in [2.24, 2.45) is 0 Å². The summed E-state index contributed by atoms with van der Waals surface area (Å²) < 4.78 is 24.5. The van der Waals surface area contributed by atoms with Gasteiger partial charge in [-0.1, -0.05) is 6.04 Å². The molecule has 5 nitrogen and oxygen atoms in total. The van der Waals surface area contributed by atoms with Gasteiger partial charge in [0.05, 0.1) is 9.52 Å². The standard InChI is InChI=1S/C12H29NO4Si2/c1-14-12(15-2)18-10-7-9-13-8-5-6-11-19(13,16-3)17-4/h12H,5-11,18H2,1-4H3. The van der Waals surface area contributed by atoms with Crippen molar-refractivity contribution in [1.29, 1.82) is 0 Å². The molecular formula is C12H29NO4Si2. The first-order valence-corrected chi connectivity index (χ1v) is 10.9. The third-order valence-electron chi connectivity index (χ3n) is 3.93. The third kappa shape index (κ3) is 4.93. The van der Waals surface area contributed by atoms with Gasteiger partial charge in [-0.15, -0.1) is 0 Å². The molecule has 1 aliphatic heterocycles. The Morgan fingerprint density at radius 1 is 1.11 bits per heavy atom. The van der Waals surface area contributed by atoms with Gasteiger partial charge in [0, 0.05) is 34.5 Å². The second kappa shape index (κ2) is 9.22. The predicted octanol–water partition coefficient (Wildman–Crippen LogP) is 0.867. The Bertz CT molecular complexity index is 238. The van der Waals surface area contributed by atoms with Crippen molar-refractivity contribution in [3.8, 4) is 0 Å². The topological polar surface area (TPSA) is 40.2 Å². The normalized spacial score (nSPS) is 20.7. The molecule has 0 aromatic carbocycles. The molecule has 0 unspecified atom stereocenters. The molecule has 7 heteroatoms. The van der Waals surface area contributed by atoms with Crippen LogP contribution in [0.25, 0.3) is 0 Å². The molecule has 1 aliphatic rings. The van der Waals surface area contributed by atoms with Crippen molar-refractivity contribution in [1.82, 2.24) is 4.57 Å². The first kappa shape index (κ1) is 17.3. The van der Waals surface area contributed by atoms with Crippen molar-refractivity contribution in [2.45, 2.75) is 37.3 Å². The molecule has 0 N–H and O–H groups in total. The zero-order valence-electron chi connectivity index (χ0n) is 12.8. The highest BCUT2D eigenvalue weighted by molar-refractivity contribution is 6.64. The van der Waals surface area contributed by atoms with Crippen LogP contribution < -0.4 is 0 Å². The second-order valence-electron chi connectivity index (χ2n) is 4.96. The van der Waals surface area contributed by atoms with E-state index in [1.807, 2.05) is 0 Å². The average molecular weight is 308 g/mol. The van der Waals surface area contributed by atoms with Crippen molar-refractivity contribution in [3.63, 3.8) is 0 Å². The molecule has 19 heavy (non-hydrogen) atoms. The molecule has 1 fully saturated rings. The highest BCUT2D eigenvalue weighted by Gasteiger charge is 2.44. The van der Waals surface area contributed by atoms with Crippen LogP contribution in [0.1, 0.15) is 19.3 Å². The number of ether oxygens (including phenoxy) is 2. The fourth-order valence-electron chi connectivity index (χ4n) is 2.75. The van der Waals surface area contributed by atoms with E-state index in [1.165, 1.54) is 25.3 Å². The molecule has 1 rings (SSSR count). The Kier molecular flexibility index (Phi) is 8.39. The molecular weight excluding hydrogens is 278 g/mol. The maximum Gasteiger partial charge on any atom is 0.427 e. The lowest BCUT2D eigenvalue weighted by Crippen LogP contribution is -2.60. The largest absolute Gasteiger partial charge is 0.427 e. The smallest absolute Gasteiger partial charge is 0.386 e. The number of rotatable bonds is 9. The van der Waals surface area contributed by atoms with Gasteiger partial charge >= 0.3 is 8.72 Å². The fraction of sp³-hybridized carbons (Fsp3) is 1.00. The number of hydrogen-bond acceptors (Lipinski definition) is 5. The second-order valence-corrected chi connectivity index (χ2v) is 10.3. The van der Waals surface area contributed by atoms with Crippen LogP contribution in [0.15, 0.2) is 0 Å². The fourth-order valence-corrected chi connectivity index (χ4v) is 7.17. The van der Waals surface area contributed by atoms with Crippen molar-refractivity contribution < 1.29 is 18.3 Å². The van der Waals surface area contributed by atoms with Crippen molar-refractivity contribution >= 4 is 18.2 Å². The molecule has 0 bridgehead atoms. The SMILES string of the molecule is COC(OC)[SiH2]CCCN1CCCC[Si]1(OC)OC. The molecule has 114 valence electrons. The highest BCUT2D eigenvalue weighted by atomic mass is 28.4. The third-order valence-corrected chi connectivity index (χ3v) is 9.65. The molecule has 1 heterocycles. The first-order chi connectivity index (χ1) is 9.22. The van der Waals surface area contributed by atoms with E-state index >= 15 is 0 Å². The minimum Gasteiger partial charge on any atom is -0.386 e. The number of hydrogen-bond donors (Lipinski definition) is 0. The predicted molar refractivity (Wildman–Crippen MR) is 81.2 cm³/mol. The van der Waals surface area contributed by atoms with Crippen LogP contribution in [0.5, 0.6) is 0 Å². The monoisotopic (exact) mass is 307 g/mol. The molecule has 0 aromatic heterocycles. The summed E-state index contributed by atoms with van der Waals surface area (Å²) >= 11 is 0. The van der Waals surface area contributed by atoms with E-state index in [4.69, 9.17) is 18.3 Å². The Labute approximate surface area is 120 Å². The van der Waals surface area contributed by atoms with Crippen LogP contribution in [-0.4, -0.2) is 70.2 Å². The van der Waals surface area contributed by atoms with E-state index < -0.39 is 8.72 Å². The van der Waals surface area contributed by atoms with E-state index in [0.29, 0.717) is 0 Å². The molecule has 0 atom stereocenters. The summed E-state index contributed by atoms with van der Waals surface area (Å²) in [6.07, 6.45) is 3.68. The van der Waals surface area contributed by atoms with Gasteiger partial charge in [-0.3, -0.25) is 4.57 Å². The quantitative estimate of drug-likeness (QED) is 0.359. The van der Waals surface area contributed by atoms with Gasteiger partial charge in [-0.25, -0.2) is 0 Å². The minimum absolute atomic E-state index is 0.0632.